The highest BCUT2D eigenvalue weighted by Gasteiger charge is 2.24. The van der Waals surface area contributed by atoms with Crippen LogP contribution in [0.25, 0.3) is 10.9 Å². The van der Waals surface area contributed by atoms with Crippen LogP contribution in [-0.4, -0.2) is 28.4 Å². The first-order valence-corrected chi connectivity index (χ1v) is 7.36. The number of fused-ring (bicyclic) bond motifs is 1. The minimum atomic E-state index is -0.0325. The van der Waals surface area contributed by atoms with Gasteiger partial charge in [-0.1, -0.05) is 43.6 Å². The molecule has 0 saturated carbocycles. The molecule has 0 unspecified atom stereocenters. The Labute approximate surface area is 124 Å². The SMILES string of the molecule is CC(C)CN(C(=O)c1[nH]c2ccccc2c1Cl)C(C)C. The molecule has 1 aromatic heterocycles. The van der Waals surface area contributed by atoms with E-state index in [9.17, 15) is 4.79 Å². The Morgan fingerprint density at radius 3 is 2.45 bits per heavy atom. The second-order valence-corrected chi connectivity index (χ2v) is 6.18. The van der Waals surface area contributed by atoms with Gasteiger partial charge in [0, 0.05) is 23.5 Å². The molecule has 3 nitrogen and oxygen atoms in total. The Morgan fingerprint density at radius 1 is 1.25 bits per heavy atom. The number of nitrogens with zero attached hydrogens (tertiary/aromatic N) is 1. The number of aromatic nitrogens is 1. The van der Waals surface area contributed by atoms with Crippen LogP contribution in [0.15, 0.2) is 24.3 Å². The molecule has 1 amide bonds. The molecule has 20 heavy (non-hydrogen) atoms. The minimum absolute atomic E-state index is 0.0325. The summed E-state index contributed by atoms with van der Waals surface area (Å²) in [5.74, 6) is 0.388. The molecule has 2 aromatic rings. The molecule has 0 aliphatic carbocycles. The number of carbonyl (C=O) groups is 1. The van der Waals surface area contributed by atoms with Gasteiger partial charge in [0.2, 0.25) is 0 Å². The maximum atomic E-state index is 12.7. The lowest BCUT2D eigenvalue weighted by atomic mass is 10.1. The number of amides is 1. The highest BCUT2D eigenvalue weighted by molar-refractivity contribution is 6.38. The zero-order valence-corrected chi connectivity index (χ0v) is 13.2. The summed E-state index contributed by atoms with van der Waals surface area (Å²) in [7, 11) is 0. The number of para-hydroxylation sites is 1. The normalized spacial score (nSPS) is 11.6. The van der Waals surface area contributed by atoms with Crippen molar-refractivity contribution in [1.29, 1.82) is 0 Å². The van der Waals surface area contributed by atoms with Gasteiger partial charge in [-0.25, -0.2) is 0 Å². The van der Waals surface area contributed by atoms with Gasteiger partial charge < -0.3 is 9.88 Å². The summed E-state index contributed by atoms with van der Waals surface area (Å²) in [5, 5.41) is 1.41. The van der Waals surface area contributed by atoms with Crippen molar-refractivity contribution in [3.05, 3.63) is 35.0 Å². The van der Waals surface area contributed by atoms with Crippen LogP contribution in [0, 0.1) is 5.92 Å². The molecule has 1 aromatic carbocycles. The summed E-state index contributed by atoms with van der Waals surface area (Å²) in [5.41, 5.74) is 1.39. The average molecular weight is 293 g/mol. The fourth-order valence-corrected chi connectivity index (χ4v) is 2.61. The molecular weight excluding hydrogens is 272 g/mol. The fraction of sp³-hybridized carbons (Fsp3) is 0.438. The summed E-state index contributed by atoms with van der Waals surface area (Å²) in [6.07, 6.45) is 0. The van der Waals surface area contributed by atoms with Crippen molar-refractivity contribution in [2.24, 2.45) is 5.92 Å². The molecule has 108 valence electrons. The van der Waals surface area contributed by atoms with Crippen molar-refractivity contribution in [3.8, 4) is 0 Å². The zero-order chi connectivity index (χ0) is 14.9. The number of aromatic amines is 1. The molecule has 0 bridgehead atoms. The second-order valence-electron chi connectivity index (χ2n) is 5.80. The van der Waals surface area contributed by atoms with E-state index >= 15 is 0 Å². The van der Waals surface area contributed by atoms with Gasteiger partial charge in [0.05, 0.1) is 5.02 Å². The lowest BCUT2D eigenvalue weighted by Gasteiger charge is -2.28. The van der Waals surface area contributed by atoms with Crippen molar-refractivity contribution >= 4 is 28.4 Å². The molecule has 0 aliphatic rings. The third kappa shape index (κ3) is 2.83. The highest BCUT2D eigenvalue weighted by atomic mass is 35.5. The highest BCUT2D eigenvalue weighted by Crippen LogP contribution is 2.28. The van der Waals surface area contributed by atoms with Crippen molar-refractivity contribution < 1.29 is 4.79 Å². The van der Waals surface area contributed by atoms with Crippen molar-refractivity contribution in [1.82, 2.24) is 9.88 Å². The lowest BCUT2D eigenvalue weighted by Crippen LogP contribution is -2.39. The van der Waals surface area contributed by atoms with Gasteiger partial charge in [-0.05, 0) is 25.8 Å². The summed E-state index contributed by atoms with van der Waals surface area (Å²) < 4.78 is 0. The minimum Gasteiger partial charge on any atom is -0.349 e. The predicted molar refractivity (Wildman–Crippen MR) is 84.3 cm³/mol. The maximum absolute atomic E-state index is 12.7. The van der Waals surface area contributed by atoms with E-state index in [1.165, 1.54) is 0 Å². The maximum Gasteiger partial charge on any atom is 0.272 e. The van der Waals surface area contributed by atoms with Crippen molar-refractivity contribution in [2.75, 3.05) is 6.54 Å². The molecule has 0 fully saturated rings. The van der Waals surface area contributed by atoms with E-state index in [0.717, 1.165) is 17.4 Å². The number of hydrogen-bond donors (Lipinski definition) is 1. The Balaban J connectivity index is 2.41. The topological polar surface area (TPSA) is 36.1 Å². The Bertz CT molecular complexity index is 616. The lowest BCUT2D eigenvalue weighted by molar-refractivity contribution is 0.0677. The van der Waals surface area contributed by atoms with Crippen LogP contribution in [0.2, 0.25) is 5.02 Å². The van der Waals surface area contributed by atoms with E-state index in [2.05, 4.69) is 18.8 Å². The van der Waals surface area contributed by atoms with Gasteiger partial charge in [0.15, 0.2) is 0 Å². The van der Waals surface area contributed by atoms with E-state index in [-0.39, 0.29) is 11.9 Å². The van der Waals surface area contributed by atoms with Gasteiger partial charge in [0.25, 0.3) is 5.91 Å². The third-order valence-corrected chi connectivity index (χ3v) is 3.70. The molecule has 1 heterocycles. The molecule has 0 atom stereocenters. The van der Waals surface area contributed by atoms with Gasteiger partial charge >= 0.3 is 0 Å². The van der Waals surface area contributed by atoms with Gasteiger partial charge in [-0.15, -0.1) is 0 Å². The number of nitrogens with one attached hydrogen (secondary N) is 1. The van der Waals surface area contributed by atoms with E-state index in [0.29, 0.717) is 16.6 Å². The quantitative estimate of drug-likeness (QED) is 0.894. The van der Waals surface area contributed by atoms with E-state index < -0.39 is 0 Å². The number of carbonyl (C=O) groups excluding carboxylic acids is 1. The Morgan fingerprint density at radius 2 is 1.90 bits per heavy atom. The number of halogens is 1. The number of hydrogen-bond acceptors (Lipinski definition) is 1. The van der Waals surface area contributed by atoms with Crippen LogP contribution in [0.4, 0.5) is 0 Å². The first-order chi connectivity index (χ1) is 9.41. The van der Waals surface area contributed by atoms with Crippen LogP contribution in [0.1, 0.15) is 38.2 Å². The van der Waals surface area contributed by atoms with Crippen molar-refractivity contribution in [3.63, 3.8) is 0 Å². The molecule has 2 rings (SSSR count). The third-order valence-electron chi connectivity index (χ3n) is 3.30. The molecule has 0 aliphatic heterocycles. The van der Waals surface area contributed by atoms with Crippen LogP contribution < -0.4 is 0 Å². The van der Waals surface area contributed by atoms with Gasteiger partial charge in [-0.2, -0.15) is 0 Å². The van der Waals surface area contributed by atoms with E-state index in [4.69, 9.17) is 11.6 Å². The van der Waals surface area contributed by atoms with E-state index in [1.54, 1.807) is 0 Å². The summed E-state index contributed by atoms with van der Waals surface area (Å²) in [6.45, 7) is 8.99. The number of benzene rings is 1. The molecule has 0 saturated heterocycles. The number of rotatable bonds is 4. The van der Waals surface area contributed by atoms with Crippen LogP contribution >= 0.6 is 11.6 Å². The Hall–Kier alpha value is -1.48. The second kappa shape index (κ2) is 5.88. The van der Waals surface area contributed by atoms with Gasteiger partial charge in [0.1, 0.15) is 5.69 Å². The first-order valence-electron chi connectivity index (χ1n) is 6.99. The monoisotopic (exact) mass is 292 g/mol. The fourth-order valence-electron chi connectivity index (χ4n) is 2.32. The zero-order valence-electron chi connectivity index (χ0n) is 12.4. The smallest absolute Gasteiger partial charge is 0.272 e. The first kappa shape index (κ1) is 14.9. The van der Waals surface area contributed by atoms with Crippen molar-refractivity contribution in [2.45, 2.75) is 33.7 Å². The summed E-state index contributed by atoms with van der Waals surface area (Å²) >= 11 is 6.36. The van der Waals surface area contributed by atoms with Crippen LogP contribution in [0.5, 0.6) is 0 Å². The largest absolute Gasteiger partial charge is 0.349 e. The molecule has 0 radical (unpaired) electrons. The molecular formula is C16H21ClN2O. The standard InChI is InChI=1S/C16H21ClN2O/c1-10(2)9-19(11(3)4)16(20)15-14(17)12-7-5-6-8-13(12)18-15/h5-8,10-11,18H,9H2,1-4H3. The number of H-pyrrole nitrogens is 1. The van der Waals surface area contributed by atoms with Gasteiger partial charge in [-0.3, -0.25) is 4.79 Å². The van der Waals surface area contributed by atoms with Crippen LogP contribution in [-0.2, 0) is 0 Å². The summed E-state index contributed by atoms with van der Waals surface area (Å²) in [6, 6.07) is 7.85. The average Bonchev–Trinajstić information content (AvgIpc) is 2.73. The van der Waals surface area contributed by atoms with E-state index in [1.807, 2.05) is 43.0 Å². The predicted octanol–water partition coefficient (Wildman–Crippen LogP) is 4.33. The Kier molecular flexibility index (Phi) is 4.39. The summed E-state index contributed by atoms with van der Waals surface area (Å²) in [4.78, 5) is 17.7. The molecule has 4 heteroatoms. The molecule has 1 N–H and O–H groups in total. The molecule has 0 spiro atoms. The van der Waals surface area contributed by atoms with Crippen LogP contribution in [0.3, 0.4) is 0 Å².